The zero-order valence-electron chi connectivity index (χ0n) is 10.6. The van der Waals surface area contributed by atoms with Crippen LogP contribution in [0, 0.1) is 12.7 Å². The Labute approximate surface area is 117 Å². The van der Waals surface area contributed by atoms with E-state index in [9.17, 15) is 4.39 Å². The van der Waals surface area contributed by atoms with Crippen molar-refractivity contribution >= 4 is 11.6 Å². The van der Waals surface area contributed by atoms with Crippen LogP contribution in [0.15, 0.2) is 36.4 Å². The molecule has 2 aromatic rings. The van der Waals surface area contributed by atoms with Gasteiger partial charge in [0.1, 0.15) is 18.2 Å². The Hall–Kier alpha value is -1.58. The lowest BCUT2D eigenvalue weighted by Crippen LogP contribution is -2.05. The molecule has 0 saturated carbocycles. The van der Waals surface area contributed by atoms with E-state index >= 15 is 0 Å². The third-order valence-corrected chi connectivity index (χ3v) is 3.33. The van der Waals surface area contributed by atoms with E-state index in [1.165, 1.54) is 0 Å². The Kier molecular flexibility index (Phi) is 4.40. The summed E-state index contributed by atoms with van der Waals surface area (Å²) in [6.07, 6.45) is 0. The van der Waals surface area contributed by atoms with Gasteiger partial charge in [0, 0.05) is 22.7 Å². The van der Waals surface area contributed by atoms with Crippen molar-refractivity contribution in [1.82, 2.24) is 0 Å². The molecule has 0 bridgehead atoms. The fourth-order valence-electron chi connectivity index (χ4n) is 1.77. The van der Waals surface area contributed by atoms with Gasteiger partial charge in [0.25, 0.3) is 0 Å². The third kappa shape index (κ3) is 3.25. The Balaban J connectivity index is 2.12. The predicted octanol–water partition coefficient (Wildman–Crippen LogP) is 3.83. The molecule has 4 heteroatoms. The maximum absolute atomic E-state index is 13.9. The summed E-state index contributed by atoms with van der Waals surface area (Å²) >= 11 is 5.93. The van der Waals surface area contributed by atoms with Crippen LogP contribution in [0.5, 0.6) is 5.75 Å². The van der Waals surface area contributed by atoms with Crippen molar-refractivity contribution in [3.8, 4) is 5.75 Å². The number of halogens is 2. The van der Waals surface area contributed by atoms with Crippen molar-refractivity contribution < 1.29 is 9.13 Å². The normalized spacial score (nSPS) is 10.5. The molecule has 2 aromatic carbocycles. The van der Waals surface area contributed by atoms with E-state index in [4.69, 9.17) is 22.1 Å². The molecule has 2 rings (SSSR count). The molecule has 19 heavy (non-hydrogen) atoms. The maximum atomic E-state index is 13.9. The Morgan fingerprint density at radius 1 is 1.21 bits per heavy atom. The van der Waals surface area contributed by atoms with Crippen molar-refractivity contribution in [2.45, 2.75) is 20.1 Å². The van der Waals surface area contributed by atoms with Gasteiger partial charge >= 0.3 is 0 Å². The van der Waals surface area contributed by atoms with Gasteiger partial charge in [-0.1, -0.05) is 29.8 Å². The summed E-state index contributed by atoms with van der Waals surface area (Å²) in [6.45, 7) is 2.24. The fraction of sp³-hybridized carbons (Fsp3) is 0.200. The lowest BCUT2D eigenvalue weighted by atomic mass is 10.1. The van der Waals surface area contributed by atoms with Gasteiger partial charge in [0.05, 0.1) is 0 Å². The van der Waals surface area contributed by atoms with Crippen LogP contribution in [-0.2, 0) is 13.2 Å². The number of aryl methyl sites for hydroxylation is 1. The summed E-state index contributed by atoms with van der Waals surface area (Å²) in [7, 11) is 0. The minimum atomic E-state index is -0.296. The number of benzene rings is 2. The van der Waals surface area contributed by atoms with Crippen molar-refractivity contribution in [3.63, 3.8) is 0 Å². The molecule has 100 valence electrons. The molecule has 0 aromatic heterocycles. The molecule has 0 aliphatic carbocycles. The van der Waals surface area contributed by atoms with Gasteiger partial charge in [-0.2, -0.15) is 0 Å². The molecule has 0 spiro atoms. The minimum Gasteiger partial charge on any atom is -0.489 e. The highest BCUT2D eigenvalue weighted by Crippen LogP contribution is 2.22. The van der Waals surface area contributed by atoms with Crippen LogP contribution in [0.4, 0.5) is 4.39 Å². The molecule has 2 nitrogen and oxygen atoms in total. The van der Waals surface area contributed by atoms with Gasteiger partial charge in [0.15, 0.2) is 0 Å². The first kappa shape index (κ1) is 13.8. The summed E-state index contributed by atoms with van der Waals surface area (Å²) < 4.78 is 19.5. The molecule has 0 saturated heterocycles. The first-order chi connectivity index (χ1) is 9.11. The molecule has 0 amide bonds. The van der Waals surface area contributed by atoms with Crippen LogP contribution in [-0.4, -0.2) is 0 Å². The smallest absolute Gasteiger partial charge is 0.134 e. The minimum absolute atomic E-state index is 0.167. The highest BCUT2D eigenvalue weighted by molar-refractivity contribution is 6.31. The van der Waals surface area contributed by atoms with E-state index in [2.05, 4.69) is 0 Å². The summed E-state index contributed by atoms with van der Waals surface area (Å²) in [4.78, 5) is 0. The summed E-state index contributed by atoms with van der Waals surface area (Å²) in [5.41, 5.74) is 7.38. The molecule has 0 unspecified atom stereocenters. The zero-order valence-corrected chi connectivity index (χ0v) is 11.4. The van der Waals surface area contributed by atoms with Gasteiger partial charge < -0.3 is 10.5 Å². The molecule has 0 radical (unpaired) electrons. The van der Waals surface area contributed by atoms with Crippen LogP contribution < -0.4 is 10.5 Å². The first-order valence-electron chi connectivity index (χ1n) is 5.97. The predicted molar refractivity (Wildman–Crippen MR) is 74.8 cm³/mol. The second-order valence-electron chi connectivity index (χ2n) is 4.29. The lowest BCUT2D eigenvalue weighted by Gasteiger charge is -2.10. The van der Waals surface area contributed by atoms with Crippen molar-refractivity contribution in [2.24, 2.45) is 5.73 Å². The number of ether oxygens (including phenoxy) is 1. The zero-order chi connectivity index (χ0) is 13.8. The highest BCUT2D eigenvalue weighted by Gasteiger charge is 2.07. The average Bonchev–Trinajstić information content (AvgIpc) is 2.41. The van der Waals surface area contributed by atoms with E-state index in [-0.39, 0.29) is 19.0 Å². The van der Waals surface area contributed by atoms with Crippen LogP contribution in [0.3, 0.4) is 0 Å². The molecular weight excluding hydrogens is 265 g/mol. The van der Waals surface area contributed by atoms with E-state index in [1.807, 2.05) is 13.0 Å². The van der Waals surface area contributed by atoms with Crippen LogP contribution >= 0.6 is 11.6 Å². The largest absolute Gasteiger partial charge is 0.489 e. The Bertz CT molecular complexity index is 586. The SMILES string of the molecule is Cc1cc(OCc2cccc(CN)c2F)ccc1Cl. The quantitative estimate of drug-likeness (QED) is 0.923. The van der Waals surface area contributed by atoms with Gasteiger partial charge in [-0.25, -0.2) is 4.39 Å². The van der Waals surface area contributed by atoms with Crippen LogP contribution in [0.1, 0.15) is 16.7 Å². The molecular formula is C15H15ClFNO. The second-order valence-corrected chi connectivity index (χ2v) is 4.70. The summed E-state index contributed by atoms with van der Waals surface area (Å²) in [5, 5.41) is 0.684. The lowest BCUT2D eigenvalue weighted by molar-refractivity contribution is 0.299. The summed E-state index contributed by atoms with van der Waals surface area (Å²) in [6, 6.07) is 10.5. The molecule has 0 aliphatic heterocycles. The van der Waals surface area contributed by atoms with Crippen molar-refractivity contribution in [3.05, 3.63) is 63.9 Å². The van der Waals surface area contributed by atoms with Crippen LogP contribution in [0.2, 0.25) is 5.02 Å². The molecule has 0 heterocycles. The highest BCUT2D eigenvalue weighted by atomic mass is 35.5. The summed E-state index contributed by atoms with van der Waals surface area (Å²) in [5.74, 6) is 0.370. The van der Waals surface area contributed by atoms with Crippen molar-refractivity contribution in [1.29, 1.82) is 0 Å². The van der Waals surface area contributed by atoms with Gasteiger partial charge in [0.2, 0.25) is 0 Å². The fourth-order valence-corrected chi connectivity index (χ4v) is 1.89. The van der Waals surface area contributed by atoms with Crippen molar-refractivity contribution in [2.75, 3.05) is 0 Å². The van der Waals surface area contributed by atoms with Gasteiger partial charge in [-0.15, -0.1) is 0 Å². The standard InChI is InChI=1S/C15H15ClFNO/c1-10-7-13(5-6-14(10)16)19-9-12-4-2-3-11(8-18)15(12)17/h2-7H,8-9,18H2,1H3. The van der Waals surface area contributed by atoms with E-state index in [0.717, 1.165) is 5.56 Å². The molecule has 2 N–H and O–H groups in total. The number of hydrogen-bond donors (Lipinski definition) is 1. The van der Waals surface area contributed by atoms with Gasteiger partial charge in [-0.05, 0) is 30.7 Å². The van der Waals surface area contributed by atoms with Crippen LogP contribution in [0.25, 0.3) is 0 Å². The van der Waals surface area contributed by atoms with E-state index in [1.54, 1.807) is 30.3 Å². The van der Waals surface area contributed by atoms with E-state index in [0.29, 0.717) is 21.9 Å². The molecule has 0 aliphatic rings. The topological polar surface area (TPSA) is 35.2 Å². The Morgan fingerprint density at radius 2 is 1.95 bits per heavy atom. The number of hydrogen-bond acceptors (Lipinski definition) is 2. The number of rotatable bonds is 4. The Morgan fingerprint density at radius 3 is 2.63 bits per heavy atom. The molecule has 0 atom stereocenters. The second kappa shape index (κ2) is 6.04. The average molecular weight is 280 g/mol. The monoisotopic (exact) mass is 279 g/mol. The number of nitrogens with two attached hydrogens (primary N) is 1. The van der Waals surface area contributed by atoms with E-state index < -0.39 is 0 Å². The molecule has 0 fully saturated rings. The third-order valence-electron chi connectivity index (χ3n) is 2.90. The van der Waals surface area contributed by atoms with Gasteiger partial charge in [-0.3, -0.25) is 0 Å². The maximum Gasteiger partial charge on any atom is 0.134 e. The first-order valence-corrected chi connectivity index (χ1v) is 6.35.